The number of H-pyrrole nitrogens is 1. The molecule has 0 aliphatic carbocycles. The number of carbonyl (C=O) groups is 1. The summed E-state index contributed by atoms with van der Waals surface area (Å²) in [7, 11) is 1.28. The lowest BCUT2D eigenvalue weighted by atomic mass is 10.1. The monoisotopic (exact) mass is 382 g/mol. The van der Waals surface area contributed by atoms with Gasteiger partial charge in [-0.05, 0) is 35.4 Å². The first-order chi connectivity index (χ1) is 13.7. The average molecular weight is 382 g/mol. The van der Waals surface area contributed by atoms with Crippen molar-refractivity contribution in [1.82, 2.24) is 9.88 Å². The zero-order valence-corrected chi connectivity index (χ0v) is 15.7. The highest BCUT2D eigenvalue weighted by atomic mass is 19.1. The highest BCUT2D eigenvalue weighted by Crippen LogP contribution is 2.21. The highest BCUT2D eigenvalue weighted by Gasteiger charge is 2.10. The molecule has 0 amide bonds. The molecule has 0 radical (unpaired) electrons. The Hall–Kier alpha value is -3.12. The topological polar surface area (TPSA) is 54.6 Å². The molecule has 0 aliphatic heterocycles. The van der Waals surface area contributed by atoms with Crippen LogP contribution in [0.1, 0.15) is 11.1 Å². The van der Waals surface area contributed by atoms with Gasteiger partial charge >= 0.3 is 6.16 Å². The molecule has 5 nitrogen and oxygen atoms in total. The Labute approximate surface area is 163 Å². The number of nitrogens with zero attached hydrogens (tertiary/aromatic N) is 1. The molecule has 146 valence electrons. The maximum absolute atomic E-state index is 13.7. The summed E-state index contributed by atoms with van der Waals surface area (Å²) in [6, 6.07) is 14.9. The number of nitrogens with one attached hydrogen (secondary N) is 1. The molecule has 0 saturated carbocycles. The Morgan fingerprint density at radius 3 is 2.75 bits per heavy atom. The Bertz CT molecular complexity index is 937. The van der Waals surface area contributed by atoms with Crippen molar-refractivity contribution in [2.75, 3.05) is 20.3 Å². The van der Waals surface area contributed by atoms with Crippen molar-refractivity contribution in [3.8, 4) is 0 Å². The molecule has 0 fully saturated rings. The molecule has 2 aromatic carbocycles. The van der Waals surface area contributed by atoms with Crippen LogP contribution in [0.5, 0.6) is 0 Å². The fraction of sp³-hybridized carbons (Fsp3) is 0.227. The van der Waals surface area contributed by atoms with E-state index in [0.717, 1.165) is 23.0 Å². The molecule has 0 saturated heterocycles. The number of methoxy groups -OCH3 is 1. The van der Waals surface area contributed by atoms with Gasteiger partial charge in [0.1, 0.15) is 12.4 Å². The molecule has 3 aromatic rings. The Morgan fingerprint density at radius 1 is 1.14 bits per heavy atom. The summed E-state index contributed by atoms with van der Waals surface area (Å²) >= 11 is 0. The van der Waals surface area contributed by atoms with Crippen LogP contribution in [0.4, 0.5) is 9.18 Å². The van der Waals surface area contributed by atoms with E-state index in [1.807, 2.05) is 30.5 Å². The number of hydrogen-bond acceptors (Lipinski definition) is 4. The van der Waals surface area contributed by atoms with Crippen molar-refractivity contribution in [2.24, 2.45) is 0 Å². The quantitative estimate of drug-likeness (QED) is 0.455. The van der Waals surface area contributed by atoms with Crippen molar-refractivity contribution in [1.29, 1.82) is 0 Å². The predicted molar refractivity (Wildman–Crippen MR) is 106 cm³/mol. The van der Waals surface area contributed by atoms with Gasteiger partial charge in [-0.25, -0.2) is 9.18 Å². The highest BCUT2D eigenvalue weighted by molar-refractivity contribution is 5.83. The van der Waals surface area contributed by atoms with Crippen LogP contribution in [0.3, 0.4) is 0 Å². The van der Waals surface area contributed by atoms with Gasteiger partial charge in [0.2, 0.25) is 0 Å². The number of aromatic amines is 1. The van der Waals surface area contributed by atoms with Crippen LogP contribution >= 0.6 is 0 Å². The standard InChI is InChI=1S/C22H23FN2O3/c1-27-22(26)28-12-6-5-11-25(15-17-7-3-2-4-8-17)16-18-14-24-21-10-9-19(23)13-20(18)21/h2-10,13-14,24H,11-12,15-16H2,1H3/b6-5+. The molecule has 3 rings (SSSR count). The molecule has 0 bridgehead atoms. The molecule has 1 aromatic heterocycles. The summed E-state index contributed by atoms with van der Waals surface area (Å²) in [5, 5.41) is 0.885. The van der Waals surface area contributed by atoms with Crippen molar-refractivity contribution in [3.63, 3.8) is 0 Å². The maximum Gasteiger partial charge on any atom is 0.508 e. The molecule has 6 heteroatoms. The van der Waals surface area contributed by atoms with E-state index in [9.17, 15) is 9.18 Å². The number of benzene rings is 2. The minimum absolute atomic E-state index is 0.157. The Kier molecular flexibility index (Phi) is 6.81. The first-order valence-corrected chi connectivity index (χ1v) is 9.03. The second-order valence-corrected chi connectivity index (χ2v) is 6.40. The fourth-order valence-corrected chi connectivity index (χ4v) is 3.02. The summed E-state index contributed by atoms with van der Waals surface area (Å²) in [6.45, 7) is 2.21. The minimum atomic E-state index is -0.702. The van der Waals surface area contributed by atoms with E-state index in [1.54, 1.807) is 18.2 Å². The van der Waals surface area contributed by atoms with Gasteiger partial charge in [-0.15, -0.1) is 0 Å². The number of hydrogen-bond donors (Lipinski definition) is 1. The van der Waals surface area contributed by atoms with Gasteiger partial charge in [0, 0.05) is 36.7 Å². The Morgan fingerprint density at radius 2 is 1.96 bits per heavy atom. The number of fused-ring (bicyclic) bond motifs is 1. The van der Waals surface area contributed by atoms with Gasteiger partial charge < -0.3 is 14.5 Å². The molecule has 28 heavy (non-hydrogen) atoms. The largest absolute Gasteiger partial charge is 0.508 e. The smallest absolute Gasteiger partial charge is 0.438 e. The zero-order chi connectivity index (χ0) is 19.8. The lowest BCUT2D eigenvalue weighted by molar-refractivity contribution is 0.0817. The lowest BCUT2D eigenvalue weighted by Gasteiger charge is -2.20. The Balaban J connectivity index is 1.70. The van der Waals surface area contributed by atoms with Crippen LogP contribution in [0.25, 0.3) is 10.9 Å². The first-order valence-electron chi connectivity index (χ1n) is 9.03. The van der Waals surface area contributed by atoms with Crippen molar-refractivity contribution in [3.05, 3.63) is 83.8 Å². The van der Waals surface area contributed by atoms with E-state index < -0.39 is 6.16 Å². The number of aromatic nitrogens is 1. The van der Waals surface area contributed by atoms with Gasteiger partial charge in [-0.2, -0.15) is 0 Å². The van der Waals surface area contributed by atoms with Crippen LogP contribution in [0.15, 0.2) is 66.9 Å². The van der Waals surface area contributed by atoms with Gasteiger partial charge in [0.15, 0.2) is 0 Å². The van der Waals surface area contributed by atoms with E-state index in [2.05, 4.69) is 26.8 Å². The van der Waals surface area contributed by atoms with E-state index in [4.69, 9.17) is 4.74 Å². The maximum atomic E-state index is 13.7. The molecular weight excluding hydrogens is 359 g/mol. The summed E-state index contributed by atoms with van der Waals surface area (Å²) in [4.78, 5) is 16.4. The predicted octanol–water partition coefficient (Wildman–Crippen LogP) is 4.65. The SMILES string of the molecule is COC(=O)OC/C=C/CN(Cc1ccccc1)Cc1c[nH]c2ccc(F)cc12. The van der Waals surface area contributed by atoms with Crippen molar-refractivity contribution < 1.29 is 18.7 Å². The third-order valence-corrected chi connectivity index (χ3v) is 4.37. The molecule has 1 heterocycles. The van der Waals surface area contributed by atoms with Gasteiger partial charge in [-0.1, -0.05) is 36.4 Å². The van der Waals surface area contributed by atoms with Crippen LogP contribution in [-0.4, -0.2) is 36.3 Å². The summed E-state index contributed by atoms with van der Waals surface area (Å²) < 4.78 is 23.0. The molecule has 0 spiro atoms. The molecular formula is C22H23FN2O3. The van der Waals surface area contributed by atoms with E-state index >= 15 is 0 Å². The fourth-order valence-electron chi connectivity index (χ4n) is 3.02. The van der Waals surface area contributed by atoms with Gasteiger partial charge in [0.05, 0.1) is 7.11 Å². The number of halogens is 1. The molecule has 0 unspecified atom stereocenters. The van der Waals surface area contributed by atoms with Crippen LogP contribution in [0, 0.1) is 5.82 Å². The van der Waals surface area contributed by atoms with E-state index in [-0.39, 0.29) is 12.4 Å². The van der Waals surface area contributed by atoms with Gasteiger partial charge in [0.25, 0.3) is 0 Å². The third-order valence-electron chi connectivity index (χ3n) is 4.37. The molecule has 1 N–H and O–H groups in total. The zero-order valence-electron chi connectivity index (χ0n) is 15.7. The lowest BCUT2D eigenvalue weighted by Crippen LogP contribution is -2.23. The van der Waals surface area contributed by atoms with Crippen molar-refractivity contribution in [2.45, 2.75) is 13.1 Å². The third kappa shape index (κ3) is 5.44. The second-order valence-electron chi connectivity index (χ2n) is 6.40. The minimum Gasteiger partial charge on any atom is -0.438 e. The first kappa shape index (κ1) is 19.6. The van der Waals surface area contributed by atoms with Crippen LogP contribution in [-0.2, 0) is 22.6 Å². The summed E-state index contributed by atoms with van der Waals surface area (Å²) in [6.07, 6.45) is 4.95. The number of ether oxygens (including phenoxy) is 2. The van der Waals surface area contributed by atoms with Crippen LogP contribution < -0.4 is 0 Å². The summed E-state index contributed by atoms with van der Waals surface area (Å²) in [5.41, 5.74) is 3.13. The molecule has 0 aliphatic rings. The average Bonchev–Trinajstić information content (AvgIpc) is 3.10. The van der Waals surface area contributed by atoms with E-state index in [0.29, 0.717) is 13.1 Å². The van der Waals surface area contributed by atoms with Gasteiger partial charge in [-0.3, -0.25) is 4.90 Å². The van der Waals surface area contributed by atoms with Crippen molar-refractivity contribution >= 4 is 17.1 Å². The normalized spacial score (nSPS) is 11.4. The van der Waals surface area contributed by atoms with Crippen LogP contribution in [0.2, 0.25) is 0 Å². The summed E-state index contributed by atoms with van der Waals surface area (Å²) in [5.74, 6) is -0.247. The number of rotatable bonds is 8. The number of carbonyl (C=O) groups excluding carboxylic acids is 1. The molecule has 0 atom stereocenters. The second kappa shape index (κ2) is 9.71. The van der Waals surface area contributed by atoms with E-state index in [1.165, 1.54) is 18.7 Å².